The van der Waals surface area contributed by atoms with Gasteiger partial charge in [-0.2, -0.15) is 0 Å². The lowest BCUT2D eigenvalue weighted by molar-refractivity contribution is -0.150. The first-order valence-corrected chi connectivity index (χ1v) is 16.7. The molecule has 49 heavy (non-hydrogen) atoms. The van der Waals surface area contributed by atoms with Gasteiger partial charge >= 0.3 is 5.97 Å². The summed E-state index contributed by atoms with van der Waals surface area (Å²) < 4.78 is 19.4. The molecule has 4 rings (SSSR count). The van der Waals surface area contributed by atoms with E-state index in [0.29, 0.717) is 32.1 Å². The van der Waals surface area contributed by atoms with Crippen molar-refractivity contribution < 1.29 is 28.6 Å². The van der Waals surface area contributed by atoms with Gasteiger partial charge in [-0.25, -0.2) is 4.39 Å². The number of rotatable bonds is 20. The molecular weight excluding hydrogens is 621 g/mol. The number of aromatic amines is 1. The number of aromatic nitrogens is 1. The smallest absolute Gasteiger partial charge is 0.309 e. The number of fused-ring (bicyclic) bond motifs is 1. The highest BCUT2D eigenvalue weighted by atomic mass is 19.1. The van der Waals surface area contributed by atoms with Crippen LogP contribution in [0.2, 0.25) is 0 Å². The van der Waals surface area contributed by atoms with E-state index in [1.807, 2.05) is 60.8 Å². The second-order valence-electron chi connectivity index (χ2n) is 12.4. The Bertz CT molecular complexity index is 1670. The second-order valence-corrected chi connectivity index (χ2v) is 12.4. The van der Waals surface area contributed by atoms with Crippen LogP contribution in [0.1, 0.15) is 42.4 Å². The molecule has 4 aromatic rings. The van der Waals surface area contributed by atoms with Crippen molar-refractivity contribution in [3.8, 4) is 0 Å². The Hall–Kier alpha value is -5.02. The van der Waals surface area contributed by atoms with E-state index in [0.717, 1.165) is 27.6 Å². The summed E-state index contributed by atoms with van der Waals surface area (Å²) in [5, 5.41) is 16.8. The largest absolute Gasteiger partial charge is 0.463 e. The quantitative estimate of drug-likeness (QED) is 0.0681. The van der Waals surface area contributed by atoms with Crippen molar-refractivity contribution in [1.82, 2.24) is 15.6 Å². The highest BCUT2D eigenvalue weighted by Gasteiger charge is 2.27. The van der Waals surface area contributed by atoms with Gasteiger partial charge in [0.15, 0.2) is 0 Å². The summed E-state index contributed by atoms with van der Waals surface area (Å²) in [7, 11) is 0. The third kappa shape index (κ3) is 11.6. The monoisotopic (exact) mass is 667 g/mol. The molecule has 0 unspecified atom stereocenters. The maximum Gasteiger partial charge on any atom is 0.309 e. The van der Waals surface area contributed by atoms with Crippen molar-refractivity contribution in [3.63, 3.8) is 0 Å². The molecule has 4 N–H and O–H groups in total. The number of para-hydroxylation sites is 1. The van der Waals surface area contributed by atoms with E-state index in [-0.39, 0.29) is 43.7 Å². The van der Waals surface area contributed by atoms with Gasteiger partial charge in [-0.1, -0.05) is 72.8 Å². The molecular formula is C40H46FN3O5. The molecule has 0 aliphatic heterocycles. The average molecular weight is 668 g/mol. The highest BCUT2D eigenvalue weighted by Crippen LogP contribution is 2.21. The molecule has 0 aliphatic rings. The number of aliphatic hydroxyl groups excluding tert-OH is 1. The predicted octanol–water partition coefficient (Wildman–Crippen LogP) is 6.00. The Balaban J connectivity index is 1.46. The van der Waals surface area contributed by atoms with E-state index in [1.54, 1.807) is 24.3 Å². The van der Waals surface area contributed by atoms with Crippen LogP contribution in [0.15, 0.2) is 110 Å². The van der Waals surface area contributed by atoms with Crippen molar-refractivity contribution in [3.05, 3.63) is 133 Å². The Morgan fingerprint density at radius 1 is 0.837 bits per heavy atom. The zero-order valence-electron chi connectivity index (χ0n) is 27.8. The SMILES string of the molecule is C=CCC[C@H](Cc1ccc(F)cc1)C(=O)OC[C@H](Cc1c[nH]c2ccccc12)NC(=O)[C@@H](CC=C)CC(=O)N[C@@H](CO)Cc1ccccc1. The van der Waals surface area contributed by atoms with Gasteiger partial charge in [-0.15, -0.1) is 13.2 Å². The molecule has 9 heteroatoms. The number of hydrogen-bond acceptors (Lipinski definition) is 5. The molecule has 8 nitrogen and oxygen atoms in total. The normalized spacial score (nSPS) is 13.5. The van der Waals surface area contributed by atoms with Crippen LogP contribution in [0, 0.1) is 17.7 Å². The molecule has 1 aromatic heterocycles. The summed E-state index contributed by atoms with van der Waals surface area (Å²) in [6.45, 7) is 7.23. The van der Waals surface area contributed by atoms with Crippen LogP contribution in [0.25, 0.3) is 10.9 Å². The second kappa shape index (κ2) is 19.1. The minimum Gasteiger partial charge on any atom is -0.463 e. The number of H-pyrrole nitrogens is 1. The highest BCUT2D eigenvalue weighted by molar-refractivity contribution is 5.87. The summed E-state index contributed by atoms with van der Waals surface area (Å²) >= 11 is 0. The first kappa shape index (κ1) is 36.8. The van der Waals surface area contributed by atoms with Gasteiger partial charge in [0.1, 0.15) is 12.4 Å². The maximum absolute atomic E-state index is 13.7. The Kier molecular flexibility index (Phi) is 14.3. The van der Waals surface area contributed by atoms with Crippen LogP contribution < -0.4 is 10.6 Å². The van der Waals surface area contributed by atoms with Crippen molar-refractivity contribution in [2.75, 3.05) is 13.2 Å². The number of carbonyl (C=O) groups excluding carboxylic acids is 3. The van der Waals surface area contributed by atoms with Crippen molar-refractivity contribution >= 4 is 28.7 Å². The van der Waals surface area contributed by atoms with Gasteiger partial charge in [-0.05, 0) is 73.4 Å². The van der Waals surface area contributed by atoms with E-state index in [1.165, 1.54) is 12.1 Å². The Morgan fingerprint density at radius 3 is 2.27 bits per heavy atom. The van der Waals surface area contributed by atoms with Gasteiger partial charge < -0.3 is 25.5 Å². The molecule has 0 radical (unpaired) electrons. The van der Waals surface area contributed by atoms with E-state index in [4.69, 9.17) is 4.74 Å². The molecule has 0 saturated carbocycles. The average Bonchev–Trinajstić information content (AvgIpc) is 3.52. The van der Waals surface area contributed by atoms with E-state index in [9.17, 15) is 23.9 Å². The molecule has 0 spiro atoms. The number of ether oxygens (including phenoxy) is 1. The third-order valence-electron chi connectivity index (χ3n) is 8.53. The standard InChI is InChI=1S/C40H46FN3O5/c1-3-5-14-31(21-29-17-19-33(41)20-18-29)40(48)49-27-35(23-32-25-42-37-16-10-9-15-36(32)37)44-39(47)30(11-4-2)24-38(46)43-34(26-45)22-28-12-7-6-8-13-28/h3-4,6-10,12-13,15-20,25,30-31,34-35,42,45H,1-2,5,11,14,21-24,26-27H2,(H,43,46)(H,44,47)/t30-,31+,34+,35-/m0/s1. The van der Waals surface area contributed by atoms with Gasteiger partial charge in [0.05, 0.1) is 30.5 Å². The number of allylic oxidation sites excluding steroid dienone is 2. The van der Waals surface area contributed by atoms with Gasteiger partial charge in [0.2, 0.25) is 11.8 Å². The van der Waals surface area contributed by atoms with E-state index >= 15 is 0 Å². The summed E-state index contributed by atoms with van der Waals surface area (Å²) in [6, 6.07) is 22.3. The lowest BCUT2D eigenvalue weighted by Gasteiger charge is -2.24. The summed E-state index contributed by atoms with van der Waals surface area (Å²) in [5.74, 6) is -2.71. The molecule has 2 amide bonds. The fraction of sp³-hybridized carbons (Fsp3) is 0.325. The number of amides is 2. The molecule has 3 aromatic carbocycles. The van der Waals surface area contributed by atoms with Crippen molar-refractivity contribution in [2.24, 2.45) is 11.8 Å². The number of benzene rings is 3. The van der Waals surface area contributed by atoms with Crippen LogP contribution in [-0.2, 0) is 38.4 Å². The van der Waals surface area contributed by atoms with Gasteiger partial charge in [-0.3, -0.25) is 14.4 Å². The first-order valence-electron chi connectivity index (χ1n) is 16.7. The number of halogens is 1. The molecule has 1 heterocycles. The van der Waals surface area contributed by atoms with E-state index in [2.05, 4.69) is 28.8 Å². The lowest BCUT2D eigenvalue weighted by Crippen LogP contribution is -2.45. The molecule has 0 bridgehead atoms. The molecule has 0 aliphatic carbocycles. The summed E-state index contributed by atoms with van der Waals surface area (Å²) in [5.41, 5.74) is 3.67. The zero-order chi connectivity index (χ0) is 35.0. The molecule has 0 saturated heterocycles. The summed E-state index contributed by atoms with van der Waals surface area (Å²) in [6.07, 6.45) is 7.67. The minimum absolute atomic E-state index is 0.0885. The molecule has 4 atom stereocenters. The Morgan fingerprint density at radius 2 is 1.55 bits per heavy atom. The number of carbonyl (C=O) groups is 3. The summed E-state index contributed by atoms with van der Waals surface area (Å²) in [4.78, 5) is 43.5. The molecule has 0 fully saturated rings. The Labute approximate surface area is 287 Å². The topological polar surface area (TPSA) is 121 Å². The number of aliphatic hydroxyl groups is 1. The fourth-order valence-corrected chi connectivity index (χ4v) is 5.92. The zero-order valence-corrected chi connectivity index (χ0v) is 27.8. The first-order chi connectivity index (χ1) is 23.8. The predicted molar refractivity (Wildman–Crippen MR) is 190 cm³/mol. The van der Waals surface area contributed by atoms with Gasteiger partial charge in [0.25, 0.3) is 0 Å². The van der Waals surface area contributed by atoms with Crippen LogP contribution in [0.5, 0.6) is 0 Å². The van der Waals surface area contributed by atoms with Crippen molar-refractivity contribution in [2.45, 2.75) is 57.0 Å². The van der Waals surface area contributed by atoms with Crippen LogP contribution in [-0.4, -0.2) is 53.2 Å². The fourth-order valence-electron chi connectivity index (χ4n) is 5.92. The van der Waals surface area contributed by atoms with Gasteiger partial charge in [0, 0.05) is 23.5 Å². The van der Waals surface area contributed by atoms with Crippen LogP contribution in [0.4, 0.5) is 4.39 Å². The number of nitrogens with one attached hydrogen (secondary N) is 3. The third-order valence-corrected chi connectivity index (χ3v) is 8.53. The number of esters is 1. The van der Waals surface area contributed by atoms with Crippen LogP contribution in [0.3, 0.4) is 0 Å². The molecule has 258 valence electrons. The maximum atomic E-state index is 13.7. The minimum atomic E-state index is -0.728. The van der Waals surface area contributed by atoms with E-state index < -0.39 is 29.9 Å². The lowest BCUT2D eigenvalue weighted by atomic mass is 9.94. The van der Waals surface area contributed by atoms with Crippen molar-refractivity contribution in [1.29, 1.82) is 0 Å². The van der Waals surface area contributed by atoms with Crippen LogP contribution >= 0.6 is 0 Å². The number of hydrogen-bond donors (Lipinski definition) is 4.